The zero-order chi connectivity index (χ0) is 22.2. The summed E-state index contributed by atoms with van der Waals surface area (Å²) in [7, 11) is 3.00. The van der Waals surface area contributed by atoms with Gasteiger partial charge >= 0.3 is 11.7 Å². The highest BCUT2D eigenvalue weighted by Crippen LogP contribution is 2.38. The van der Waals surface area contributed by atoms with E-state index in [0.717, 1.165) is 46.3 Å². The predicted octanol–water partition coefficient (Wildman–Crippen LogP) is 3.89. The fraction of sp³-hybridized carbons (Fsp3) is 0.375. The molecule has 1 fully saturated rings. The Bertz CT molecular complexity index is 1360. The van der Waals surface area contributed by atoms with Crippen molar-refractivity contribution in [1.82, 2.24) is 19.1 Å². The van der Waals surface area contributed by atoms with Gasteiger partial charge in [-0.2, -0.15) is 0 Å². The van der Waals surface area contributed by atoms with E-state index in [2.05, 4.69) is 9.55 Å². The maximum Gasteiger partial charge on any atom is 0.337 e. The molecule has 32 heavy (non-hydrogen) atoms. The van der Waals surface area contributed by atoms with Crippen molar-refractivity contribution in [3.05, 3.63) is 52.4 Å². The van der Waals surface area contributed by atoms with E-state index >= 15 is 0 Å². The molecule has 0 unspecified atom stereocenters. The molecule has 5 rings (SSSR count). The highest BCUT2D eigenvalue weighted by molar-refractivity contribution is 5.96. The number of imidazole rings is 2. The van der Waals surface area contributed by atoms with Crippen molar-refractivity contribution in [2.75, 3.05) is 20.8 Å². The Kier molecular flexibility index (Phi) is 5.30. The van der Waals surface area contributed by atoms with Gasteiger partial charge in [0.1, 0.15) is 5.82 Å². The van der Waals surface area contributed by atoms with Gasteiger partial charge in [-0.15, -0.1) is 0 Å². The molecule has 2 aromatic carbocycles. The first kappa shape index (κ1) is 20.5. The molecule has 1 N–H and O–H groups in total. The van der Waals surface area contributed by atoms with Gasteiger partial charge in [-0.05, 0) is 43.2 Å². The van der Waals surface area contributed by atoms with Crippen LogP contribution < -0.4 is 5.69 Å². The molecule has 0 aliphatic heterocycles. The molecule has 0 amide bonds. The van der Waals surface area contributed by atoms with Crippen molar-refractivity contribution in [2.45, 2.75) is 38.3 Å². The number of aromatic nitrogens is 4. The van der Waals surface area contributed by atoms with Crippen molar-refractivity contribution in [3.8, 4) is 11.4 Å². The van der Waals surface area contributed by atoms with E-state index < -0.39 is 0 Å². The topological polar surface area (TPSA) is 91.1 Å². The monoisotopic (exact) mass is 434 g/mol. The number of ether oxygens (including phenoxy) is 2. The van der Waals surface area contributed by atoms with Crippen molar-refractivity contribution >= 4 is 28.0 Å². The largest absolute Gasteiger partial charge is 0.465 e. The third-order valence-corrected chi connectivity index (χ3v) is 6.35. The summed E-state index contributed by atoms with van der Waals surface area (Å²) in [4.78, 5) is 32.7. The van der Waals surface area contributed by atoms with Gasteiger partial charge in [0, 0.05) is 18.7 Å². The van der Waals surface area contributed by atoms with Gasteiger partial charge in [0.2, 0.25) is 0 Å². The van der Waals surface area contributed by atoms with Gasteiger partial charge in [0.15, 0.2) is 0 Å². The number of rotatable bonds is 6. The SMILES string of the molecule is COCCn1c(=O)[nH]c2cccc(-c3nc4cc(C(=O)OC)ccc4n3C3CCCC3)c21. The predicted molar refractivity (Wildman–Crippen MR) is 122 cm³/mol. The summed E-state index contributed by atoms with van der Waals surface area (Å²) in [6, 6.07) is 11.7. The standard InChI is InChI=1S/C24H26N4O4/c1-31-13-12-27-21-17(8-5-9-18(21)26-24(27)30)22-25-19-14-15(23(29)32-2)10-11-20(19)28(22)16-6-3-4-7-16/h5,8-11,14,16H,3-4,6-7,12-13H2,1-2H3,(H,26,30). The smallest absolute Gasteiger partial charge is 0.337 e. The van der Waals surface area contributed by atoms with Gasteiger partial charge in [-0.25, -0.2) is 14.6 Å². The van der Waals surface area contributed by atoms with E-state index in [9.17, 15) is 9.59 Å². The average molecular weight is 434 g/mol. The molecule has 2 heterocycles. The lowest BCUT2D eigenvalue weighted by molar-refractivity contribution is 0.0601. The van der Waals surface area contributed by atoms with E-state index in [1.807, 2.05) is 24.3 Å². The van der Waals surface area contributed by atoms with Crippen LogP contribution in [0.15, 0.2) is 41.2 Å². The second kappa shape index (κ2) is 8.27. The summed E-state index contributed by atoms with van der Waals surface area (Å²) in [6.07, 6.45) is 4.52. The molecule has 8 heteroatoms. The third-order valence-electron chi connectivity index (χ3n) is 6.35. The molecule has 8 nitrogen and oxygen atoms in total. The number of hydrogen-bond acceptors (Lipinski definition) is 5. The molecule has 0 bridgehead atoms. The van der Waals surface area contributed by atoms with E-state index in [0.29, 0.717) is 24.8 Å². The molecule has 0 radical (unpaired) electrons. The van der Waals surface area contributed by atoms with Crippen LogP contribution in [-0.4, -0.2) is 45.9 Å². The maximum atomic E-state index is 12.7. The molecule has 4 aromatic rings. The number of benzene rings is 2. The first-order chi connectivity index (χ1) is 15.6. The molecule has 1 aliphatic carbocycles. The van der Waals surface area contributed by atoms with Crippen LogP contribution in [0.5, 0.6) is 0 Å². The Balaban J connectivity index is 1.78. The zero-order valence-corrected chi connectivity index (χ0v) is 18.3. The lowest BCUT2D eigenvalue weighted by atomic mass is 10.1. The summed E-state index contributed by atoms with van der Waals surface area (Å²) < 4.78 is 14.1. The Hall–Kier alpha value is -3.39. The van der Waals surface area contributed by atoms with Gasteiger partial charge in [-0.1, -0.05) is 18.9 Å². The summed E-state index contributed by atoms with van der Waals surface area (Å²) in [6.45, 7) is 0.880. The molecule has 2 aromatic heterocycles. The van der Waals surface area contributed by atoms with Crippen LogP contribution >= 0.6 is 0 Å². The number of carbonyl (C=O) groups excluding carboxylic acids is 1. The van der Waals surface area contributed by atoms with Crippen molar-refractivity contribution < 1.29 is 14.3 Å². The van der Waals surface area contributed by atoms with Gasteiger partial charge in [0.05, 0.1) is 47.9 Å². The normalized spacial score (nSPS) is 14.6. The highest BCUT2D eigenvalue weighted by Gasteiger charge is 2.26. The Morgan fingerprint density at radius 2 is 2.00 bits per heavy atom. The second-order valence-electron chi connectivity index (χ2n) is 8.22. The lowest BCUT2D eigenvalue weighted by Crippen LogP contribution is -2.19. The first-order valence-corrected chi connectivity index (χ1v) is 10.9. The molecule has 1 aliphatic rings. The van der Waals surface area contributed by atoms with Crippen LogP contribution in [0, 0.1) is 0 Å². The summed E-state index contributed by atoms with van der Waals surface area (Å²) in [5, 5.41) is 0. The molecule has 0 atom stereocenters. The second-order valence-corrected chi connectivity index (χ2v) is 8.22. The number of fused-ring (bicyclic) bond motifs is 2. The van der Waals surface area contributed by atoms with Crippen molar-refractivity contribution in [1.29, 1.82) is 0 Å². The first-order valence-electron chi connectivity index (χ1n) is 10.9. The number of aromatic amines is 1. The number of nitrogens with one attached hydrogen (secondary N) is 1. The summed E-state index contributed by atoms with van der Waals surface area (Å²) in [5.41, 5.74) is 4.51. The van der Waals surface area contributed by atoms with Crippen LogP contribution in [0.25, 0.3) is 33.5 Å². The minimum atomic E-state index is -0.384. The fourth-order valence-corrected chi connectivity index (χ4v) is 4.86. The maximum absolute atomic E-state index is 12.7. The minimum Gasteiger partial charge on any atom is -0.465 e. The number of carbonyl (C=O) groups is 1. The van der Waals surface area contributed by atoms with E-state index in [1.165, 1.54) is 20.0 Å². The Morgan fingerprint density at radius 3 is 2.75 bits per heavy atom. The van der Waals surface area contributed by atoms with Gasteiger partial charge < -0.3 is 19.0 Å². The number of esters is 1. The molecular formula is C24H26N4O4. The lowest BCUT2D eigenvalue weighted by Gasteiger charge is -2.17. The van der Waals surface area contributed by atoms with Gasteiger partial charge in [-0.3, -0.25) is 4.57 Å². The van der Waals surface area contributed by atoms with Crippen LogP contribution in [0.3, 0.4) is 0 Å². The number of methoxy groups -OCH3 is 2. The van der Waals surface area contributed by atoms with E-state index in [-0.39, 0.29) is 11.7 Å². The Morgan fingerprint density at radius 1 is 1.19 bits per heavy atom. The fourth-order valence-electron chi connectivity index (χ4n) is 4.86. The Labute approximate surface area is 184 Å². The number of H-pyrrole nitrogens is 1. The van der Waals surface area contributed by atoms with Gasteiger partial charge in [0.25, 0.3) is 0 Å². The zero-order valence-electron chi connectivity index (χ0n) is 18.3. The van der Waals surface area contributed by atoms with E-state index in [1.54, 1.807) is 23.8 Å². The van der Waals surface area contributed by atoms with Crippen LogP contribution in [0.1, 0.15) is 42.1 Å². The third kappa shape index (κ3) is 3.31. The van der Waals surface area contributed by atoms with Crippen LogP contribution in [-0.2, 0) is 16.0 Å². The number of nitrogens with zero attached hydrogens (tertiary/aromatic N) is 3. The minimum absolute atomic E-state index is 0.166. The number of para-hydroxylation sites is 1. The number of hydrogen-bond donors (Lipinski definition) is 1. The molecule has 0 spiro atoms. The quantitative estimate of drug-likeness (QED) is 0.465. The van der Waals surface area contributed by atoms with Crippen molar-refractivity contribution in [2.24, 2.45) is 0 Å². The van der Waals surface area contributed by atoms with Crippen LogP contribution in [0.4, 0.5) is 0 Å². The van der Waals surface area contributed by atoms with Crippen molar-refractivity contribution in [3.63, 3.8) is 0 Å². The molecule has 1 saturated carbocycles. The molecule has 166 valence electrons. The summed E-state index contributed by atoms with van der Waals surface area (Å²) in [5.74, 6) is 0.426. The van der Waals surface area contributed by atoms with Crippen LogP contribution in [0.2, 0.25) is 0 Å². The molecular weight excluding hydrogens is 408 g/mol. The highest BCUT2D eigenvalue weighted by atomic mass is 16.5. The molecule has 0 saturated heterocycles. The van der Waals surface area contributed by atoms with E-state index in [4.69, 9.17) is 14.5 Å². The summed E-state index contributed by atoms with van der Waals surface area (Å²) >= 11 is 0. The average Bonchev–Trinajstić information content (AvgIpc) is 3.53.